The van der Waals surface area contributed by atoms with Crippen LogP contribution in [0.4, 0.5) is 0 Å². The van der Waals surface area contributed by atoms with Gasteiger partial charge in [-0.1, -0.05) is 18.2 Å². The van der Waals surface area contributed by atoms with Gasteiger partial charge in [0, 0.05) is 16.8 Å². The van der Waals surface area contributed by atoms with Gasteiger partial charge < -0.3 is 10.6 Å². The summed E-state index contributed by atoms with van der Waals surface area (Å²) >= 11 is 1.85. The number of nitrogens with two attached hydrogens (primary N) is 1. The second kappa shape index (κ2) is 4.65. The number of hydrogen-bond donors (Lipinski definition) is 1. The van der Waals surface area contributed by atoms with Crippen LogP contribution in [0.2, 0.25) is 0 Å². The number of thiophene rings is 1. The second-order valence-corrected chi connectivity index (χ2v) is 6.50. The normalized spacial score (nSPS) is 25.3. The number of hydrogen-bond acceptors (Lipinski definition) is 3. The Morgan fingerprint density at radius 1 is 1.28 bits per heavy atom. The van der Waals surface area contributed by atoms with E-state index in [1.54, 1.807) is 0 Å². The molecule has 2 nitrogen and oxygen atoms in total. The summed E-state index contributed by atoms with van der Waals surface area (Å²) in [5, 5.41) is 3.75. The molecule has 0 bridgehead atoms. The van der Waals surface area contributed by atoms with Crippen LogP contribution in [0, 0.1) is 5.92 Å². The molecule has 1 aliphatic carbocycles. The summed E-state index contributed by atoms with van der Waals surface area (Å²) in [7, 11) is 4.36. The third-order valence-corrected chi connectivity index (χ3v) is 5.03. The molecule has 2 N–H and O–H groups in total. The predicted octanol–water partition coefficient (Wildman–Crippen LogP) is 3.24. The average molecular weight is 260 g/mol. The lowest BCUT2D eigenvalue weighted by Gasteiger charge is -2.41. The zero-order valence-electron chi connectivity index (χ0n) is 11.0. The third-order valence-electron chi connectivity index (χ3n) is 4.04. The van der Waals surface area contributed by atoms with Gasteiger partial charge in [0.2, 0.25) is 0 Å². The summed E-state index contributed by atoms with van der Waals surface area (Å²) in [6, 6.07) is 9.65. The van der Waals surface area contributed by atoms with Gasteiger partial charge in [0.25, 0.3) is 0 Å². The number of fused-ring (bicyclic) bond motifs is 1. The van der Waals surface area contributed by atoms with Crippen molar-refractivity contribution in [2.45, 2.75) is 24.9 Å². The maximum absolute atomic E-state index is 5.96. The molecule has 1 aromatic carbocycles. The van der Waals surface area contributed by atoms with E-state index in [2.05, 4.69) is 48.6 Å². The van der Waals surface area contributed by atoms with Crippen molar-refractivity contribution >= 4 is 21.4 Å². The van der Waals surface area contributed by atoms with Crippen LogP contribution < -0.4 is 5.73 Å². The summed E-state index contributed by atoms with van der Waals surface area (Å²) < 4.78 is 1.39. The van der Waals surface area contributed by atoms with Gasteiger partial charge >= 0.3 is 0 Å². The SMILES string of the molecule is CN(C)C(c1csc2ccccc12)C1CC(N)C1. The second-order valence-electron chi connectivity index (χ2n) is 5.59. The van der Waals surface area contributed by atoms with Crippen LogP contribution in [0.15, 0.2) is 29.6 Å². The Labute approximate surface area is 112 Å². The minimum Gasteiger partial charge on any atom is -0.328 e. The molecule has 0 saturated heterocycles. The maximum atomic E-state index is 5.96. The van der Waals surface area contributed by atoms with E-state index in [1.165, 1.54) is 15.6 Å². The Hall–Kier alpha value is -0.900. The largest absolute Gasteiger partial charge is 0.328 e. The Morgan fingerprint density at radius 3 is 2.67 bits per heavy atom. The maximum Gasteiger partial charge on any atom is 0.0385 e. The average Bonchev–Trinajstić information content (AvgIpc) is 2.71. The number of nitrogens with zero attached hydrogens (tertiary/aromatic N) is 1. The van der Waals surface area contributed by atoms with Crippen LogP contribution in [0.1, 0.15) is 24.4 Å². The Morgan fingerprint density at radius 2 is 2.00 bits per heavy atom. The highest BCUT2D eigenvalue weighted by Crippen LogP contribution is 2.43. The smallest absolute Gasteiger partial charge is 0.0385 e. The number of benzene rings is 1. The molecular weight excluding hydrogens is 240 g/mol. The van der Waals surface area contributed by atoms with Crippen LogP contribution in [0.5, 0.6) is 0 Å². The number of rotatable bonds is 3. The van der Waals surface area contributed by atoms with Crippen molar-refractivity contribution in [1.82, 2.24) is 4.90 Å². The monoisotopic (exact) mass is 260 g/mol. The standard InChI is InChI=1S/C15H20N2S/c1-17(2)15(10-7-11(16)8-10)13-9-18-14-6-4-3-5-12(13)14/h3-6,9-11,15H,7-8,16H2,1-2H3. The lowest BCUT2D eigenvalue weighted by molar-refractivity contribution is 0.124. The molecular formula is C15H20N2S. The minimum atomic E-state index is 0.419. The summed E-state index contributed by atoms with van der Waals surface area (Å²) in [5.41, 5.74) is 7.44. The van der Waals surface area contributed by atoms with E-state index >= 15 is 0 Å². The fourth-order valence-corrected chi connectivity index (χ4v) is 4.14. The zero-order valence-corrected chi connectivity index (χ0v) is 11.8. The van der Waals surface area contributed by atoms with Crippen LogP contribution in [0.25, 0.3) is 10.1 Å². The molecule has 0 amide bonds. The molecule has 2 aromatic rings. The van der Waals surface area contributed by atoms with Gasteiger partial charge in [-0.25, -0.2) is 0 Å². The van der Waals surface area contributed by atoms with Gasteiger partial charge in [-0.15, -0.1) is 11.3 Å². The van der Waals surface area contributed by atoms with Gasteiger partial charge in [0.15, 0.2) is 0 Å². The Bertz CT molecular complexity index is 540. The first-order chi connectivity index (χ1) is 8.66. The van der Waals surface area contributed by atoms with Gasteiger partial charge in [0.05, 0.1) is 0 Å². The highest BCUT2D eigenvalue weighted by molar-refractivity contribution is 7.17. The molecule has 1 heterocycles. The first-order valence-electron chi connectivity index (χ1n) is 6.55. The molecule has 0 radical (unpaired) electrons. The fourth-order valence-electron chi connectivity index (χ4n) is 3.15. The van der Waals surface area contributed by atoms with E-state index in [0.717, 1.165) is 12.8 Å². The van der Waals surface area contributed by atoms with Crippen molar-refractivity contribution in [1.29, 1.82) is 0 Å². The lowest BCUT2D eigenvalue weighted by atomic mass is 9.73. The summed E-state index contributed by atoms with van der Waals surface area (Å²) in [6.07, 6.45) is 2.32. The van der Waals surface area contributed by atoms with Crippen molar-refractivity contribution in [3.05, 3.63) is 35.2 Å². The minimum absolute atomic E-state index is 0.419. The van der Waals surface area contributed by atoms with Gasteiger partial charge in [-0.05, 0) is 55.3 Å². The molecule has 1 aliphatic rings. The van der Waals surface area contributed by atoms with E-state index in [1.807, 2.05) is 11.3 Å². The molecule has 1 fully saturated rings. The van der Waals surface area contributed by atoms with Crippen molar-refractivity contribution < 1.29 is 0 Å². The molecule has 0 aliphatic heterocycles. The van der Waals surface area contributed by atoms with Crippen molar-refractivity contribution in [2.24, 2.45) is 11.7 Å². The molecule has 18 heavy (non-hydrogen) atoms. The quantitative estimate of drug-likeness (QED) is 0.918. The van der Waals surface area contributed by atoms with E-state index in [0.29, 0.717) is 18.0 Å². The highest BCUT2D eigenvalue weighted by atomic mass is 32.1. The Balaban J connectivity index is 1.99. The van der Waals surface area contributed by atoms with Crippen molar-refractivity contribution in [3.63, 3.8) is 0 Å². The topological polar surface area (TPSA) is 29.3 Å². The fraction of sp³-hybridized carbons (Fsp3) is 0.467. The molecule has 3 heteroatoms. The lowest BCUT2D eigenvalue weighted by Crippen LogP contribution is -2.43. The molecule has 1 unspecified atom stereocenters. The van der Waals surface area contributed by atoms with Gasteiger partial charge in [-0.2, -0.15) is 0 Å². The molecule has 1 atom stereocenters. The van der Waals surface area contributed by atoms with Gasteiger partial charge in [0.1, 0.15) is 0 Å². The first-order valence-corrected chi connectivity index (χ1v) is 7.43. The third kappa shape index (κ3) is 1.96. The summed E-state index contributed by atoms with van der Waals surface area (Å²) in [4.78, 5) is 2.35. The van der Waals surface area contributed by atoms with E-state index in [-0.39, 0.29) is 0 Å². The zero-order chi connectivity index (χ0) is 12.7. The van der Waals surface area contributed by atoms with Crippen molar-refractivity contribution in [3.8, 4) is 0 Å². The first kappa shape index (κ1) is 12.2. The summed E-state index contributed by atoms with van der Waals surface area (Å²) in [6.45, 7) is 0. The predicted molar refractivity (Wildman–Crippen MR) is 79.0 cm³/mol. The van der Waals surface area contributed by atoms with E-state index < -0.39 is 0 Å². The van der Waals surface area contributed by atoms with Crippen LogP contribution >= 0.6 is 11.3 Å². The summed E-state index contributed by atoms with van der Waals surface area (Å²) in [5.74, 6) is 0.716. The van der Waals surface area contributed by atoms with E-state index in [4.69, 9.17) is 5.73 Å². The molecule has 1 saturated carbocycles. The molecule has 0 spiro atoms. The Kier molecular flexibility index (Phi) is 3.14. The van der Waals surface area contributed by atoms with Crippen LogP contribution in [-0.2, 0) is 0 Å². The van der Waals surface area contributed by atoms with Crippen molar-refractivity contribution in [2.75, 3.05) is 14.1 Å². The van der Waals surface area contributed by atoms with Crippen LogP contribution in [-0.4, -0.2) is 25.0 Å². The molecule has 96 valence electrons. The molecule has 1 aromatic heterocycles. The van der Waals surface area contributed by atoms with Gasteiger partial charge in [-0.3, -0.25) is 0 Å². The highest BCUT2D eigenvalue weighted by Gasteiger charge is 2.35. The van der Waals surface area contributed by atoms with Crippen LogP contribution in [0.3, 0.4) is 0 Å². The molecule has 3 rings (SSSR count). The van der Waals surface area contributed by atoms with E-state index in [9.17, 15) is 0 Å².